The molecule has 90 valence electrons. The smallest absolute Gasteiger partial charge is 0.0961 e. The van der Waals surface area contributed by atoms with Crippen LogP contribution >= 0.6 is 34.3 Å². The topological polar surface area (TPSA) is 12.9 Å². The van der Waals surface area contributed by atoms with Crippen LogP contribution in [0.15, 0.2) is 12.3 Å². The van der Waals surface area contributed by atoms with E-state index in [0.717, 1.165) is 10.3 Å². The molecule has 3 rings (SSSR count). The second kappa shape index (κ2) is 4.38. The van der Waals surface area contributed by atoms with Gasteiger partial charge in [-0.1, -0.05) is 11.6 Å². The minimum atomic E-state index is 0.703. The third kappa shape index (κ3) is 2.42. The van der Waals surface area contributed by atoms with Crippen molar-refractivity contribution in [3.05, 3.63) is 36.9 Å². The monoisotopic (exact) mass is 283 g/mol. The van der Waals surface area contributed by atoms with Crippen LogP contribution < -0.4 is 0 Å². The van der Waals surface area contributed by atoms with Crippen LogP contribution in [0.3, 0.4) is 0 Å². The minimum Gasteiger partial charge on any atom is -0.249 e. The van der Waals surface area contributed by atoms with Crippen molar-refractivity contribution in [3.63, 3.8) is 0 Å². The molecule has 1 nitrogen and oxygen atoms in total. The number of nitrogens with zero attached hydrogens (tertiary/aromatic N) is 1. The first-order valence-corrected chi connectivity index (χ1v) is 7.81. The lowest BCUT2D eigenvalue weighted by Crippen LogP contribution is -1.88. The van der Waals surface area contributed by atoms with Crippen LogP contribution in [-0.2, 0) is 6.42 Å². The van der Waals surface area contributed by atoms with Crippen LogP contribution in [0.4, 0.5) is 0 Å². The highest BCUT2D eigenvalue weighted by Gasteiger charge is 2.40. The van der Waals surface area contributed by atoms with Gasteiger partial charge in [0.25, 0.3) is 0 Å². The Labute approximate surface area is 114 Å². The predicted octanol–water partition coefficient (Wildman–Crippen LogP) is 4.82. The van der Waals surface area contributed by atoms with Gasteiger partial charge in [-0.2, -0.15) is 0 Å². The number of hydrogen-bond acceptors (Lipinski definition) is 3. The van der Waals surface area contributed by atoms with Crippen LogP contribution in [-0.4, -0.2) is 4.98 Å². The molecule has 2 unspecified atom stereocenters. The summed E-state index contributed by atoms with van der Waals surface area (Å²) >= 11 is 9.62. The molecule has 0 bridgehead atoms. The maximum atomic E-state index is 6.03. The molecule has 0 radical (unpaired) electrons. The summed E-state index contributed by atoms with van der Waals surface area (Å²) in [6, 6.07) is 2.08. The fraction of sp³-hybridized carbons (Fsp3) is 0.462. The van der Waals surface area contributed by atoms with Crippen molar-refractivity contribution in [3.8, 4) is 0 Å². The van der Waals surface area contributed by atoms with E-state index in [1.165, 1.54) is 33.2 Å². The van der Waals surface area contributed by atoms with Gasteiger partial charge in [0.05, 0.1) is 9.34 Å². The molecular weight excluding hydrogens is 270 g/mol. The van der Waals surface area contributed by atoms with E-state index in [2.05, 4.69) is 24.9 Å². The van der Waals surface area contributed by atoms with Gasteiger partial charge in [-0.3, -0.25) is 0 Å². The second-order valence-electron chi connectivity index (χ2n) is 4.77. The van der Waals surface area contributed by atoms with Crippen molar-refractivity contribution in [2.24, 2.45) is 5.92 Å². The highest BCUT2D eigenvalue weighted by molar-refractivity contribution is 7.16. The first-order valence-electron chi connectivity index (χ1n) is 5.80. The molecule has 1 aliphatic rings. The van der Waals surface area contributed by atoms with Gasteiger partial charge in [0.1, 0.15) is 0 Å². The molecule has 0 saturated heterocycles. The quantitative estimate of drug-likeness (QED) is 0.787. The van der Waals surface area contributed by atoms with E-state index in [1.807, 2.05) is 17.5 Å². The zero-order valence-electron chi connectivity index (χ0n) is 9.87. The van der Waals surface area contributed by atoms with Crippen LogP contribution in [0.2, 0.25) is 4.34 Å². The van der Waals surface area contributed by atoms with Crippen LogP contribution in [0.1, 0.15) is 32.7 Å². The molecule has 0 N–H and O–H groups in total. The maximum Gasteiger partial charge on any atom is 0.0961 e. The van der Waals surface area contributed by atoms with Crippen molar-refractivity contribution >= 4 is 34.3 Å². The fourth-order valence-electron chi connectivity index (χ4n) is 2.24. The van der Waals surface area contributed by atoms with E-state index in [0.29, 0.717) is 5.92 Å². The normalized spacial score (nSPS) is 23.0. The molecule has 0 aliphatic heterocycles. The molecule has 0 spiro atoms. The number of rotatable bonds is 3. The molecule has 1 fully saturated rings. The molecule has 0 aromatic carbocycles. The Bertz CT molecular complexity index is 543. The summed E-state index contributed by atoms with van der Waals surface area (Å²) < 4.78 is 0.916. The third-order valence-electron chi connectivity index (χ3n) is 3.32. The Balaban J connectivity index is 1.68. The van der Waals surface area contributed by atoms with Gasteiger partial charge < -0.3 is 0 Å². The van der Waals surface area contributed by atoms with E-state index < -0.39 is 0 Å². The largest absolute Gasteiger partial charge is 0.249 e. The molecule has 2 aromatic heterocycles. The number of aryl methyl sites for hydroxylation is 2. The predicted molar refractivity (Wildman–Crippen MR) is 75.5 cm³/mol. The Morgan fingerprint density at radius 3 is 2.82 bits per heavy atom. The summed E-state index contributed by atoms with van der Waals surface area (Å²) in [7, 11) is 0. The number of thiophene rings is 1. The van der Waals surface area contributed by atoms with Crippen molar-refractivity contribution in [1.29, 1.82) is 0 Å². The summed E-state index contributed by atoms with van der Waals surface area (Å²) in [6.07, 6.45) is 4.46. The Morgan fingerprint density at radius 2 is 2.24 bits per heavy atom. The van der Waals surface area contributed by atoms with E-state index in [-0.39, 0.29) is 0 Å². The van der Waals surface area contributed by atoms with Gasteiger partial charge in [0.15, 0.2) is 0 Å². The molecule has 17 heavy (non-hydrogen) atoms. The highest BCUT2D eigenvalue weighted by Crippen LogP contribution is 2.51. The standard InChI is InChI=1S/C13H14ClNS2/c1-7-3-12(14)17-11(7)5-9-4-10(9)13-15-6-8(2)16-13/h3,6,9-10H,4-5H2,1-2H3. The van der Waals surface area contributed by atoms with Crippen molar-refractivity contribution in [1.82, 2.24) is 4.98 Å². The van der Waals surface area contributed by atoms with Gasteiger partial charge in [-0.15, -0.1) is 22.7 Å². The lowest BCUT2D eigenvalue weighted by atomic mass is 10.1. The Morgan fingerprint density at radius 1 is 1.41 bits per heavy atom. The number of halogens is 1. The lowest BCUT2D eigenvalue weighted by molar-refractivity contribution is 0.799. The lowest BCUT2D eigenvalue weighted by Gasteiger charge is -1.97. The Kier molecular flexibility index (Phi) is 3.01. The molecule has 4 heteroatoms. The van der Waals surface area contributed by atoms with Gasteiger partial charge in [-0.25, -0.2) is 4.98 Å². The third-order valence-corrected chi connectivity index (χ3v) is 5.75. The van der Waals surface area contributed by atoms with Crippen LogP contribution in [0, 0.1) is 19.8 Å². The van der Waals surface area contributed by atoms with E-state index in [1.54, 1.807) is 11.3 Å². The van der Waals surface area contributed by atoms with Crippen LogP contribution in [0.25, 0.3) is 0 Å². The zero-order chi connectivity index (χ0) is 12.0. The molecule has 2 aromatic rings. The van der Waals surface area contributed by atoms with Crippen molar-refractivity contribution < 1.29 is 0 Å². The number of aromatic nitrogens is 1. The molecule has 0 amide bonds. The molecule has 2 heterocycles. The van der Waals surface area contributed by atoms with E-state index in [9.17, 15) is 0 Å². The number of thiazole rings is 1. The average Bonchev–Trinajstić information content (AvgIpc) is 2.77. The molecule has 2 atom stereocenters. The fourth-order valence-corrected chi connectivity index (χ4v) is 4.65. The summed E-state index contributed by atoms with van der Waals surface area (Å²) in [5.74, 6) is 1.49. The summed E-state index contributed by atoms with van der Waals surface area (Å²) in [5.41, 5.74) is 1.35. The van der Waals surface area contributed by atoms with Crippen LogP contribution in [0.5, 0.6) is 0 Å². The van der Waals surface area contributed by atoms with Gasteiger partial charge in [-0.05, 0) is 44.2 Å². The first kappa shape index (κ1) is 11.7. The van der Waals surface area contributed by atoms with Gasteiger partial charge in [0.2, 0.25) is 0 Å². The van der Waals surface area contributed by atoms with E-state index >= 15 is 0 Å². The second-order valence-corrected chi connectivity index (χ2v) is 7.81. The summed E-state index contributed by atoms with van der Waals surface area (Å²) in [6.45, 7) is 4.28. The minimum absolute atomic E-state index is 0.703. The van der Waals surface area contributed by atoms with Gasteiger partial charge in [0, 0.05) is 21.9 Å². The molecule has 1 aliphatic carbocycles. The van der Waals surface area contributed by atoms with E-state index in [4.69, 9.17) is 11.6 Å². The van der Waals surface area contributed by atoms with Crippen molar-refractivity contribution in [2.45, 2.75) is 32.6 Å². The maximum absolute atomic E-state index is 6.03. The number of hydrogen-bond donors (Lipinski definition) is 0. The first-order chi connectivity index (χ1) is 8.13. The molecule has 1 saturated carbocycles. The summed E-state index contributed by atoms with van der Waals surface area (Å²) in [5, 5.41) is 1.33. The highest BCUT2D eigenvalue weighted by atomic mass is 35.5. The Hall–Kier alpha value is -0.380. The molecular formula is C13H14ClNS2. The SMILES string of the molecule is Cc1cnc(C2CC2Cc2sc(Cl)cc2C)s1. The van der Waals surface area contributed by atoms with Gasteiger partial charge >= 0.3 is 0 Å². The van der Waals surface area contributed by atoms with Crippen molar-refractivity contribution in [2.75, 3.05) is 0 Å². The zero-order valence-corrected chi connectivity index (χ0v) is 12.3. The summed E-state index contributed by atoms with van der Waals surface area (Å²) in [4.78, 5) is 7.27. The average molecular weight is 284 g/mol.